The van der Waals surface area contributed by atoms with E-state index in [0.717, 1.165) is 23.1 Å². The molecule has 0 fully saturated rings. The molecule has 0 aromatic carbocycles. The Balaban J connectivity index is 3.25. The number of thiophene rings is 1. The zero-order valence-electron chi connectivity index (χ0n) is 6.83. The lowest BCUT2D eigenvalue weighted by Gasteiger charge is -1.96. The number of nitrogen functional groups attached to an aromatic ring is 1. The van der Waals surface area contributed by atoms with E-state index in [4.69, 9.17) is 11.1 Å². The van der Waals surface area contributed by atoms with Gasteiger partial charge in [0, 0.05) is 5.71 Å². The standard InChI is InChI=1S/C7H8N2O2S2/c1-3(8)5-6(12-2-10)4(9)7(11)13-5/h2,8,11H,9H2,1H3. The molecule has 13 heavy (non-hydrogen) atoms. The minimum atomic E-state index is -0.0362. The molecule has 0 aliphatic heterocycles. The molecule has 0 atom stereocenters. The van der Waals surface area contributed by atoms with Gasteiger partial charge in [0.15, 0.2) is 10.7 Å². The third kappa shape index (κ3) is 1.84. The first-order chi connectivity index (χ1) is 6.07. The number of hydrogen-bond acceptors (Lipinski definition) is 6. The van der Waals surface area contributed by atoms with Gasteiger partial charge in [0.05, 0.1) is 9.77 Å². The van der Waals surface area contributed by atoms with E-state index in [2.05, 4.69) is 0 Å². The van der Waals surface area contributed by atoms with Crippen molar-refractivity contribution in [2.45, 2.75) is 11.8 Å². The summed E-state index contributed by atoms with van der Waals surface area (Å²) in [5.74, 6) is 0. The number of carbonyl (C=O) groups is 1. The lowest BCUT2D eigenvalue weighted by molar-refractivity contribution is 0.492. The fraction of sp³-hybridized carbons (Fsp3) is 0.143. The largest absolute Gasteiger partial charge is 0.498 e. The molecular formula is C7H8N2O2S2. The summed E-state index contributed by atoms with van der Waals surface area (Å²) in [6, 6.07) is 0. The van der Waals surface area contributed by atoms with E-state index < -0.39 is 0 Å². The van der Waals surface area contributed by atoms with Gasteiger partial charge in [-0.15, -0.1) is 0 Å². The van der Waals surface area contributed by atoms with Crippen molar-refractivity contribution in [2.75, 3.05) is 5.73 Å². The second-order valence-corrected chi connectivity index (χ2v) is 4.15. The van der Waals surface area contributed by atoms with Gasteiger partial charge in [0.25, 0.3) is 0 Å². The molecule has 0 saturated heterocycles. The molecule has 0 amide bonds. The van der Waals surface area contributed by atoms with Crippen molar-refractivity contribution in [1.29, 1.82) is 5.41 Å². The molecule has 1 aromatic heterocycles. The first kappa shape index (κ1) is 10.1. The monoisotopic (exact) mass is 216 g/mol. The Morgan fingerprint density at radius 1 is 1.77 bits per heavy atom. The van der Waals surface area contributed by atoms with E-state index in [1.165, 1.54) is 0 Å². The maximum absolute atomic E-state index is 10.3. The van der Waals surface area contributed by atoms with E-state index in [0.29, 0.717) is 21.1 Å². The van der Waals surface area contributed by atoms with E-state index in [9.17, 15) is 9.90 Å². The van der Waals surface area contributed by atoms with Crippen LogP contribution in [0.4, 0.5) is 5.69 Å². The molecule has 0 aliphatic rings. The summed E-state index contributed by atoms with van der Waals surface area (Å²) in [5.41, 5.74) is 6.62. The van der Waals surface area contributed by atoms with Crippen LogP contribution in [0, 0.1) is 5.41 Å². The van der Waals surface area contributed by atoms with Crippen LogP contribution in [0.1, 0.15) is 11.8 Å². The summed E-state index contributed by atoms with van der Waals surface area (Å²) in [7, 11) is 0. The Morgan fingerprint density at radius 3 is 2.85 bits per heavy atom. The molecule has 4 nitrogen and oxygen atoms in total. The normalized spacial score (nSPS) is 9.92. The van der Waals surface area contributed by atoms with Gasteiger partial charge in [-0.1, -0.05) is 23.1 Å². The quantitative estimate of drug-likeness (QED) is 0.408. The molecule has 0 aliphatic carbocycles. The second-order valence-electron chi connectivity index (χ2n) is 2.32. The van der Waals surface area contributed by atoms with Crippen LogP contribution in [0.5, 0.6) is 5.06 Å². The summed E-state index contributed by atoms with van der Waals surface area (Å²) in [6.07, 6.45) is 0. The van der Waals surface area contributed by atoms with Gasteiger partial charge >= 0.3 is 0 Å². The number of carbonyl (C=O) groups excluding carboxylic acids is 1. The van der Waals surface area contributed by atoms with Crippen LogP contribution in [0.3, 0.4) is 0 Å². The lowest BCUT2D eigenvalue weighted by atomic mass is 10.3. The Morgan fingerprint density at radius 2 is 2.38 bits per heavy atom. The van der Waals surface area contributed by atoms with Crippen molar-refractivity contribution >= 4 is 40.1 Å². The highest BCUT2D eigenvalue weighted by Gasteiger charge is 2.16. The molecule has 1 rings (SSSR count). The minimum absolute atomic E-state index is 0.0362. The summed E-state index contributed by atoms with van der Waals surface area (Å²) in [6.45, 7) is 1.58. The molecule has 70 valence electrons. The molecule has 6 heteroatoms. The van der Waals surface area contributed by atoms with Crippen molar-refractivity contribution in [3.05, 3.63) is 4.88 Å². The van der Waals surface area contributed by atoms with Crippen LogP contribution in [0.2, 0.25) is 0 Å². The van der Waals surface area contributed by atoms with Crippen molar-refractivity contribution in [1.82, 2.24) is 0 Å². The molecule has 4 N–H and O–H groups in total. The Labute approximate surface area is 83.3 Å². The van der Waals surface area contributed by atoms with Gasteiger partial charge in [-0.2, -0.15) is 0 Å². The SMILES string of the molecule is CC(=N)c1sc(O)c(N)c1SC=O. The van der Waals surface area contributed by atoms with Crippen molar-refractivity contribution < 1.29 is 9.90 Å². The van der Waals surface area contributed by atoms with Crippen LogP contribution >= 0.6 is 23.1 Å². The number of thioether (sulfide) groups is 1. The van der Waals surface area contributed by atoms with Gasteiger partial charge in [-0.05, 0) is 6.92 Å². The van der Waals surface area contributed by atoms with Crippen LogP contribution in [-0.4, -0.2) is 16.4 Å². The Kier molecular flexibility index (Phi) is 2.94. The molecule has 0 unspecified atom stereocenters. The summed E-state index contributed by atoms with van der Waals surface area (Å²) in [5, 5.41) is 16.6. The molecule has 1 heterocycles. The molecule has 1 aromatic rings. The highest BCUT2D eigenvalue weighted by Crippen LogP contribution is 2.42. The zero-order valence-corrected chi connectivity index (χ0v) is 8.46. The molecule has 0 radical (unpaired) electrons. The third-order valence-electron chi connectivity index (χ3n) is 1.39. The number of nitrogens with one attached hydrogen (secondary N) is 1. The van der Waals surface area contributed by atoms with Gasteiger partial charge in [-0.25, -0.2) is 0 Å². The highest BCUT2D eigenvalue weighted by atomic mass is 32.2. The smallest absolute Gasteiger partial charge is 0.196 e. The fourth-order valence-electron chi connectivity index (χ4n) is 0.829. The average molecular weight is 216 g/mol. The lowest BCUT2D eigenvalue weighted by Crippen LogP contribution is -1.92. The maximum atomic E-state index is 10.3. The topological polar surface area (TPSA) is 87.2 Å². The molecular weight excluding hydrogens is 208 g/mol. The van der Waals surface area contributed by atoms with Gasteiger partial charge in [-0.3, -0.25) is 4.79 Å². The van der Waals surface area contributed by atoms with Crippen LogP contribution in [0.15, 0.2) is 4.90 Å². The maximum Gasteiger partial charge on any atom is 0.196 e. The first-order valence-corrected chi connectivity index (χ1v) is 5.04. The Hall–Kier alpha value is -1.01. The molecule has 0 bridgehead atoms. The third-order valence-corrected chi connectivity index (χ3v) is 3.40. The van der Waals surface area contributed by atoms with Crippen LogP contribution < -0.4 is 5.73 Å². The summed E-state index contributed by atoms with van der Waals surface area (Å²) >= 11 is 1.90. The first-order valence-electron chi connectivity index (χ1n) is 3.35. The molecule has 0 saturated carbocycles. The van der Waals surface area contributed by atoms with E-state index >= 15 is 0 Å². The van der Waals surface area contributed by atoms with Crippen LogP contribution in [-0.2, 0) is 4.79 Å². The van der Waals surface area contributed by atoms with E-state index in [1.54, 1.807) is 6.92 Å². The minimum Gasteiger partial charge on any atom is -0.498 e. The zero-order chi connectivity index (χ0) is 10.0. The number of aromatic hydroxyl groups is 1. The number of hydrogen-bond donors (Lipinski definition) is 3. The predicted octanol–water partition coefficient (Wildman–Crippen LogP) is 1.71. The van der Waals surface area contributed by atoms with Gasteiger partial charge in [0.1, 0.15) is 5.69 Å². The van der Waals surface area contributed by atoms with Crippen LogP contribution in [0.25, 0.3) is 0 Å². The molecule has 0 spiro atoms. The summed E-state index contributed by atoms with van der Waals surface area (Å²) < 4.78 is 0. The van der Waals surface area contributed by atoms with E-state index in [-0.39, 0.29) is 10.8 Å². The summed E-state index contributed by atoms with van der Waals surface area (Å²) in [4.78, 5) is 11.3. The van der Waals surface area contributed by atoms with Crippen molar-refractivity contribution in [2.24, 2.45) is 0 Å². The highest BCUT2D eigenvalue weighted by molar-refractivity contribution is 8.12. The van der Waals surface area contributed by atoms with Crippen molar-refractivity contribution in [3.63, 3.8) is 0 Å². The Bertz CT molecular complexity index is 360. The number of nitrogens with two attached hydrogens (primary N) is 1. The van der Waals surface area contributed by atoms with E-state index in [1.807, 2.05) is 0 Å². The van der Waals surface area contributed by atoms with Gasteiger partial charge in [0.2, 0.25) is 0 Å². The number of anilines is 1. The second kappa shape index (κ2) is 3.80. The van der Waals surface area contributed by atoms with Gasteiger partial charge < -0.3 is 16.2 Å². The predicted molar refractivity (Wildman–Crippen MR) is 55.5 cm³/mol. The fourth-order valence-corrected chi connectivity index (χ4v) is 2.50. The number of rotatable bonds is 3. The van der Waals surface area contributed by atoms with Crippen molar-refractivity contribution in [3.8, 4) is 5.06 Å². The average Bonchev–Trinajstić information content (AvgIpc) is 2.33.